The van der Waals surface area contributed by atoms with Crippen LogP contribution < -0.4 is 14.5 Å². The van der Waals surface area contributed by atoms with E-state index in [4.69, 9.17) is 4.74 Å². The standard InChI is InChI=1S/C20H30N5O2/c1-7-25(8-2)17-12-10-16(11-13-17)24(6)21-18(20(26)27-9-3)19-22(4)14-15-23(19)5/h10-15H,7-9H2,1-6H3/q+1. The molecule has 0 aliphatic rings. The molecular weight excluding hydrogens is 342 g/mol. The smallest absolute Gasteiger partial charge is 0.367 e. The van der Waals surface area contributed by atoms with Gasteiger partial charge in [0.05, 0.1) is 26.4 Å². The summed E-state index contributed by atoms with van der Waals surface area (Å²) >= 11 is 0. The topological polar surface area (TPSA) is 54.0 Å². The van der Waals surface area contributed by atoms with Crippen molar-refractivity contribution < 1.29 is 14.1 Å². The number of hydrogen-bond acceptors (Lipinski definition) is 5. The second-order valence-corrected chi connectivity index (χ2v) is 6.22. The summed E-state index contributed by atoms with van der Waals surface area (Å²) in [5.74, 6) is 0.238. The number of esters is 1. The van der Waals surface area contributed by atoms with Gasteiger partial charge in [-0.05, 0) is 45.0 Å². The first kappa shape index (κ1) is 20.5. The summed E-state index contributed by atoms with van der Waals surface area (Å²) in [6, 6.07) is 8.15. The van der Waals surface area contributed by atoms with Crippen LogP contribution >= 0.6 is 0 Å². The van der Waals surface area contributed by atoms with E-state index in [0.29, 0.717) is 12.4 Å². The molecule has 2 aromatic rings. The fourth-order valence-electron chi connectivity index (χ4n) is 2.98. The van der Waals surface area contributed by atoms with Gasteiger partial charge < -0.3 is 9.64 Å². The number of anilines is 2. The van der Waals surface area contributed by atoms with Crippen molar-refractivity contribution >= 4 is 23.1 Å². The zero-order chi connectivity index (χ0) is 20.0. The van der Waals surface area contributed by atoms with Crippen molar-refractivity contribution in [3.05, 3.63) is 42.5 Å². The van der Waals surface area contributed by atoms with E-state index >= 15 is 0 Å². The molecule has 0 aliphatic heterocycles. The Bertz CT molecular complexity index is 772. The SMILES string of the molecule is CCOC(=O)/C(=N\N(C)c1ccc(N(CC)CC)cc1)c1n(C)cc[n+]1C. The highest BCUT2D eigenvalue weighted by atomic mass is 16.5. The average molecular weight is 372 g/mol. The van der Waals surface area contributed by atoms with Crippen LogP contribution in [0.2, 0.25) is 0 Å². The zero-order valence-corrected chi connectivity index (χ0v) is 17.1. The quantitative estimate of drug-likeness (QED) is 0.308. The molecule has 0 fully saturated rings. The molecule has 0 saturated heterocycles. The molecule has 0 N–H and O–H groups in total. The Hall–Kier alpha value is -2.83. The highest BCUT2D eigenvalue weighted by molar-refractivity contribution is 6.42. The normalized spacial score (nSPS) is 11.4. The molecule has 2 rings (SSSR count). The maximum absolute atomic E-state index is 12.5. The predicted molar refractivity (Wildman–Crippen MR) is 108 cm³/mol. The van der Waals surface area contributed by atoms with E-state index in [2.05, 4.69) is 36.0 Å². The zero-order valence-electron chi connectivity index (χ0n) is 17.1. The summed E-state index contributed by atoms with van der Waals surface area (Å²) in [5.41, 5.74) is 2.33. The third-order valence-corrected chi connectivity index (χ3v) is 4.46. The van der Waals surface area contributed by atoms with Gasteiger partial charge >= 0.3 is 11.8 Å². The minimum Gasteiger partial charge on any atom is -0.461 e. The van der Waals surface area contributed by atoms with Crippen LogP contribution in [0.1, 0.15) is 26.6 Å². The van der Waals surface area contributed by atoms with E-state index < -0.39 is 5.97 Å². The van der Waals surface area contributed by atoms with E-state index in [-0.39, 0.29) is 5.71 Å². The number of carbonyl (C=O) groups excluding carboxylic acids is 1. The number of ether oxygens (including phenoxy) is 1. The van der Waals surface area contributed by atoms with Gasteiger partial charge in [0.2, 0.25) is 0 Å². The lowest BCUT2D eigenvalue weighted by Gasteiger charge is -2.22. The lowest BCUT2D eigenvalue weighted by atomic mass is 10.2. The summed E-state index contributed by atoms with van der Waals surface area (Å²) < 4.78 is 8.93. The fraction of sp³-hybridized carbons (Fsp3) is 0.450. The third-order valence-electron chi connectivity index (χ3n) is 4.46. The number of aryl methyl sites for hydroxylation is 2. The van der Waals surface area contributed by atoms with E-state index in [1.54, 1.807) is 11.9 Å². The summed E-state index contributed by atoms with van der Waals surface area (Å²) in [7, 11) is 5.58. The van der Waals surface area contributed by atoms with Crippen molar-refractivity contribution in [1.82, 2.24) is 4.57 Å². The molecule has 1 aromatic carbocycles. The van der Waals surface area contributed by atoms with E-state index in [9.17, 15) is 4.79 Å². The molecule has 0 bridgehead atoms. The third kappa shape index (κ3) is 4.67. The van der Waals surface area contributed by atoms with Gasteiger partial charge in [-0.15, -0.1) is 0 Å². The van der Waals surface area contributed by atoms with Crippen LogP contribution in [-0.4, -0.2) is 43.0 Å². The van der Waals surface area contributed by atoms with Crippen LogP contribution in [0.25, 0.3) is 0 Å². The fourth-order valence-corrected chi connectivity index (χ4v) is 2.98. The van der Waals surface area contributed by atoms with Gasteiger partial charge in [0, 0.05) is 25.8 Å². The molecule has 0 amide bonds. The minimum atomic E-state index is -0.443. The first-order valence-electron chi connectivity index (χ1n) is 9.28. The van der Waals surface area contributed by atoms with Crippen LogP contribution in [-0.2, 0) is 23.6 Å². The van der Waals surface area contributed by atoms with Crippen molar-refractivity contribution in [2.24, 2.45) is 19.2 Å². The number of carbonyl (C=O) groups is 1. The number of aromatic nitrogens is 2. The lowest BCUT2D eigenvalue weighted by Crippen LogP contribution is -2.39. The molecule has 0 atom stereocenters. The highest BCUT2D eigenvalue weighted by Crippen LogP contribution is 2.20. The molecule has 0 spiro atoms. The van der Waals surface area contributed by atoms with Gasteiger partial charge in [-0.3, -0.25) is 5.01 Å². The first-order valence-corrected chi connectivity index (χ1v) is 9.28. The van der Waals surface area contributed by atoms with Crippen LogP contribution in [0.5, 0.6) is 0 Å². The van der Waals surface area contributed by atoms with Gasteiger partial charge in [-0.25, -0.2) is 13.9 Å². The summed E-state index contributed by atoms with van der Waals surface area (Å²) in [4.78, 5) is 14.8. The van der Waals surface area contributed by atoms with Gasteiger partial charge in [0.1, 0.15) is 12.4 Å². The van der Waals surface area contributed by atoms with Gasteiger partial charge in [-0.1, -0.05) is 0 Å². The van der Waals surface area contributed by atoms with Crippen LogP contribution in [0, 0.1) is 0 Å². The Morgan fingerprint density at radius 2 is 1.74 bits per heavy atom. The number of rotatable bonds is 8. The summed E-state index contributed by atoms with van der Waals surface area (Å²) in [6.45, 7) is 8.28. The number of hydrogen-bond donors (Lipinski definition) is 0. The summed E-state index contributed by atoms with van der Waals surface area (Å²) in [6.07, 6.45) is 3.76. The molecule has 146 valence electrons. The Kier molecular flexibility index (Phi) is 6.98. The Balaban J connectivity index is 2.37. The molecule has 1 aromatic heterocycles. The Morgan fingerprint density at radius 1 is 1.15 bits per heavy atom. The second-order valence-electron chi connectivity index (χ2n) is 6.22. The molecule has 7 nitrogen and oxygen atoms in total. The molecule has 0 saturated carbocycles. The van der Waals surface area contributed by atoms with Crippen molar-refractivity contribution in [2.45, 2.75) is 20.8 Å². The number of imidazole rings is 1. The number of nitrogens with zero attached hydrogens (tertiary/aromatic N) is 5. The van der Waals surface area contributed by atoms with Gasteiger partial charge in [0.25, 0.3) is 5.71 Å². The molecule has 0 radical (unpaired) electrons. The molecule has 0 aliphatic carbocycles. The predicted octanol–water partition coefficient (Wildman–Crippen LogP) is 2.10. The Morgan fingerprint density at radius 3 is 2.22 bits per heavy atom. The Labute approximate surface area is 161 Å². The maximum atomic E-state index is 12.5. The van der Waals surface area contributed by atoms with Gasteiger partial charge in [-0.2, -0.15) is 5.10 Å². The van der Waals surface area contributed by atoms with E-state index in [0.717, 1.165) is 18.8 Å². The molecule has 1 heterocycles. The van der Waals surface area contributed by atoms with Crippen LogP contribution in [0.3, 0.4) is 0 Å². The maximum Gasteiger partial charge on any atom is 0.367 e. The van der Waals surface area contributed by atoms with Crippen LogP contribution in [0.4, 0.5) is 11.4 Å². The number of benzene rings is 1. The van der Waals surface area contributed by atoms with Crippen molar-refractivity contribution in [1.29, 1.82) is 0 Å². The molecule has 7 heteroatoms. The first-order chi connectivity index (χ1) is 12.9. The summed E-state index contributed by atoms with van der Waals surface area (Å²) in [5, 5.41) is 6.26. The minimum absolute atomic E-state index is 0.266. The highest BCUT2D eigenvalue weighted by Gasteiger charge is 2.28. The van der Waals surface area contributed by atoms with E-state index in [1.165, 1.54) is 5.69 Å². The average Bonchev–Trinajstić information content (AvgIpc) is 2.99. The van der Waals surface area contributed by atoms with Crippen LogP contribution in [0.15, 0.2) is 41.8 Å². The van der Waals surface area contributed by atoms with Gasteiger partial charge in [0.15, 0.2) is 0 Å². The number of hydrazone groups is 1. The van der Waals surface area contributed by atoms with E-state index in [1.807, 2.05) is 54.8 Å². The van der Waals surface area contributed by atoms with Crippen molar-refractivity contribution in [3.63, 3.8) is 0 Å². The molecule has 27 heavy (non-hydrogen) atoms. The largest absolute Gasteiger partial charge is 0.461 e. The molecule has 0 unspecified atom stereocenters. The molecular formula is C20H30N5O2+. The van der Waals surface area contributed by atoms with Crippen molar-refractivity contribution in [3.8, 4) is 0 Å². The monoisotopic (exact) mass is 372 g/mol. The second kappa shape index (κ2) is 9.21. The van der Waals surface area contributed by atoms with Crippen molar-refractivity contribution in [2.75, 3.05) is 36.7 Å². The lowest BCUT2D eigenvalue weighted by molar-refractivity contribution is -0.672.